The van der Waals surface area contributed by atoms with Crippen molar-refractivity contribution in [2.24, 2.45) is 0 Å². The Labute approximate surface area is 151 Å². The van der Waals surface area contributed by atoms with Crippen molar-refractivity contribution in [1.82, 2.24) is 15.3 Å². The van der Waals surface area contributed by atoms with Crippen molar-refractivity contribution in [1.29, 1.82) is 0 Å². The summed E-state index contributed by atoms with van der Waals surface area (Å²) in [5.41, 5.74) is 2.28. The molecule has 1 aromatic heterocycles. The molecule has 0 saturated heterocycles. The number of benzene rings is 2. The molecule has 3 rings (SSSR count). The topological polar surface area (TPSA) is 66.9 Å². The average Bonchev–Trinajstić information content (AvgIpc) is 2.66. The summed E-state index contributed by atoms with van der Waals surface area (Å²) in [5, 5.41) is 6.60. The summed E-state index contributed by atoms with van der Waals surface area (Å²) < 4.78 is 0. The van der Waals surface area contributed by atoms with Gasteiger partial charge >= 0.3 is 0 Å². The fraction of sp³-hybridized carbons (Fsp3) is 0.105. The molecule has 6 heteroatoms. The molecule has 0 saturated carbocycles. The highest BCUT2D eigenvalue weighted by atomic mass is 35.5. The quantitative estimate of drug-likeness (QED) is 0.710. The molecule has 0 aliphatic heterocycles. The minimum atomic E-state index is -0.243. The van der Waals surface area contributed by atoms with Crippen molar-refractivity contribution in [3.8, 4) is 0 Å². The summed E-state index contributed by atoms with van der Waals surface area (Å²) in [6.45, 7) is 0.931. The molecular weight excluding hydrogens is 336 g/mol. The van der Waals surface area contributed by atoms with Crippen LogP contribution in [0.3, 0.4) is 0 Å². The van der Waals surface area contributed by atoms with Crippen molar-refractivity contribution in [2.75, 3.05) is 5.32 Å². The second-order valence-corrected chi connectivity index (χ2v) is 5.79. The van der Waals surface area contributed by atoms with Crippen molar-refractivity contribution in [3.63, 3.8) is 0 Å². The summed E-state index contributed by atoms with van der Waals surface area (Å²) in [6, 6.07) is 18.8. The first-order valence-corrected chi connectivity index (χ1v) is 8.22. The average molecular weight is 353 g/mol. The molecule has 0 atom stereocenters. The Balaban J connectivity index is 1.61. The van der Waals surface area contributed by atoms with Crippen molar-refractivity contribution in [2.45, 2.75) is 13.1 Å². The maximum atomic E-state index is 12.2. The van der Waals surface area contributed by atoms with Gasteiger partial charge in [0, 0.05) is 24.3 Å². The van der Waals surface area contributed by atoms with Crippen LogP contribution in [0.1, 0.15) is 21.6 Å². The standard InChI is InChI=1S/C19H17ClN4O/c20-16-9-5-4-8-15(16)13-23-19-21-11-10-17(24-19)18(25)22-12-14-6-2-1-3-7-14/h1-11H,12-13H2,(H,22,25)(H,21,23,24). The van der Waals surface area contributed by atoms with Crippen LogP contribution in [0.5, 0.6) is 0 Å². The normalized spacial score (nSPS) is 10.3. The summed E-state index contributed by atoms with van der Waals surface area (Å²) >= 11 is 6.13. The molecule has 0 fully saturated rings. The van der Waals surface area contributed by atoms with Gasteiger partial charge in [-0.15, -0.1) is 0 Å². The number of halogens is 1. The zero-order valence-electron chi connectivity index (χ0n) is 13.4. The summed E-state index contributed by atoms with van der Waals surface area (Å²) in [4.78, 5) is 20.6. The van der Waals surface area contributed by atoms with Gasteiger partial charge in [-0.25, -0.2) is 9.97 Å². The van der Waals surface area contributed by atoms with E-state index < -0.39 is 0 Å². The second-order valence-electron chi connectivity index (χ2n) is 5.38. The molecule has 0 aliphatic carbocycles. The largest absolute Gasteiger partial charge is 0.350 e. The molecule has 1 amide bonds. The molecular formula is C19H17ClN4O. The zero-order chi connectivity index (χ0) is 17.5. The minimum Gasteiger partial charge on any atom is -0.350 e. The zero-order valence-corrected chi connectivity index (χ0v) is 14.2. The van der Waals surface area contributed by atoms with Crippen LogP contribution in [-0.2, 0) is 13.1 Å². The van der Waals surface area contributed by atoms with E-state index in [-0.39, 0.29) is 5.91 Å². The molecule has 0 radical (unpaired) electrons. The van der Waals surface area contributed by atoms with Gasteiger partial charge in [0.15, 0.2) is 0 Å². The molecule has 25 heavy (non-hydrogen) atoms. The number of anilines is 1. The predicted molar refractivity (Wildman–Crippen MR) is 98.4 cm³/mol. The lowest BCUT2D eigenvalue weighted by Crippen LogP contribution is -2.24. The van der Waals surface area contributed by atoms with Crippen LogP contribution >= 0.6 is 11.6 Å². The maximum Gasteiger partial charge on any atom is 0.270 e. The van der Waals surface area contributed by atoms with Crippen LogP contribution in [0.15, 0.2) is 66.9 Å². The van der Waals surface area contributed by atoms with Gasteiger partial charge in [-0.05, 0) is 23.3 Å². The number of aromatic nitrogens is 2. The second kappa shape index (κ2) is 8.26. The third-order valence-electron chi connectivity index (χ3n) is 3.58. The number of rotatable bonds is 6. The van der Waals surface area contributed by atoms with E-state index in [0.717, 1.165) is 11.1 Å². The summed E-state index contributed by atoms with van der Waals surface area (Å²) in [7, 11) is 0. The van der Waals surface area contributed by atoms with Gasteiger partial charge in [0.05, 0.1) is 0 Å². The molecule has 2 N–H and O–H groups in total. The molecule has 1 heterocycles. The van der Waals surface area contributed by atoms with Gasteiger partial charge in [-0.3, -0.25) is 4.79 Å². The van der Waals surface area contributed by atoms with Crippen molar-refractivity contribution >= 4 is 23.5 Å². The first kappa shape index (κ1) is 16.9. The van der Waals surface area contributed by atoms with E-state index in [0.29, 0.717) is 29.8 Å². The van der Waals surface area contributed by atoms with E-state index in [1.807, 2.05) is 54.6 Å². The molecule has 0 spiro atoms. The summed E-state index contributed by atoms with van der Waals surface area (Å²) in [6.07, 6.45) is 1.55. The Kier molecular flexibility index (Phi) is 5.59. The number of nitrogens with one attached hydrogen (secondary N) is 2. The third kappa shape index (κ3) is 4.78. The highest BCUT2D eigenvalue weighted by molar-refractivity contribution is 6.31. The van der Waals surface area contributed by atoms with Gasteiger partial charge in [-0.1, -0.05) is 60.1 Å². The fourth-order valence-electron chi connectivity index (χ4n) is 2.26. The van der Waals surface area contributed by atoms with Gasteiger partial charge in [0.2, 0.25) is 5.95 Å². The Morgan fingerprint density at radius 1 is 0.960 bits per heavy atom. The minimum absolute atomic E-state index is 0.243. The van der Waals surface area contributed by atoms with Crippen LogP contribution < -0.4 is 10.6 Å². The van der Waals surface area contributed by atoms with Gasteiger partial charge in [0.25, 0.3) is 5.91 Å². The number of hydrogen-bond acceptors (Lipinski definition) is 4. The predicted octanol–water partition coefficient (Wildman–Crippen LogP) is 3.67. The Bertz CT molecular complexity index is 855. The van der Waals surface area contributed by atoms with E-state index >= 15 is 0 Å². The lowest BCUT2D eigenvalue weighted by atomic mass is 10.2. The van der Waals surface area contributed by atoms with Crippen molar-refractivity contribution < 1.29 is 4.79 Å². The number of carbonyl (C=O) groups excluding carboxylic acids is 1. The molecule has 126 valence electrons. The van der Waals surface area contributed by atoms with Crippen LogP contribution in [0.2, 0.25) is 5.02 Å². The van der Waals surface area contributed by atoms with E-state index in [1.54, 1.807) is 12.3 Å². The summed E-state index contributed by atoms with van der Waals surface area (Å²) in [5.74, 6) is 0.138. The lowest BCUT2D eigenvalue weighted by molar-refractivity contribution is 0.0946. The Morgan fingerprint density at radius 2 is 1.72 bits per heavy atom. The van der Waals surface area contributed by atoms with E-state index in [9.17, 15) is 4.79 Å². The molecule has 0 unspecified atom stereocenters. The van der Waals surface area contributed by atoms with Crippen LogP contribution in [0.25, 0.3) is 0 Å². The third-order valence-corrected chi connectivity index (χ3v) is 3.95. The highest BCUT2D eigenvalue weighted by Gasteiger charge is 2.09. The van der Waals surface area contributed by atoms with E-state index in [4.69, 9.17) is 11.6 Å². The molecule has 2 aromatic carbocycles. The van der Waals surface area contributed by atoms with Crippen LogP contribution in [0.4, 0.5) is 5.95 Å². The Morgan fingerprint density at radius 3 is 2.52 bits per heavy atom. The first-order chi connectivity index (χ1) is 12.2. The monoisotopic (exact) mass is 352 g/mol. The molecule has 0 aliphatic rings. The van der Waals surface area contributed by atoms with Crippen LogP contribution in [0, 0.1) is 0 Å². The number of carbonyl (C=O) groups is 1. The Hall–Kier alpha value is -2.92. The van der Waals surface area contributed by atoms with Crippen LogP contribution in [-0.4, -0.2) is 15.9 Å². The molecule has 3 aromatic rings. The maximum absolute atomic E-state index is 12.2. The van der Waals surface area contributed by atoms with Gasteiger partial charge < -0.3 is 10.6 Å². The number of nitrogens with zero attached hydrogens (tertiary/aromatic N) is 2. The molecule has 5 nitrogen and oxygen atoms in total. The van der Waals surface area contributed by atoms with Gasteiger partial charge in [-0.2, -0.15) is 0 Å². The van der Waals surface area contributed by atoms with E-state index in [1.165, 1.54) is 0 Å². The van der Waals surface area contributed by atoms with E-state index in [2.05, 4.69) is 20.6 Å². The lowest BCUT2D eigenvalue weighted by Gasteiger charge is -2.08. The fourth-order valence-corrected chi connectivity index (χ4v) is 2.46. The molecule has 0 bridgehead atoms. The number of hydrogen-bond donors (Lipinski definition) is 2. The highest BCUT2D eigenvalue weighted by Crippen LogP contribution is 2.15. The SMILES string of the molecule is O=C(NCc1ccccc1)c1ccnc(NCc2ccccc2Cl)n1. The van der Waals surface area contributed by atoms with Crippen molar-refractivity contribution in [3.05, 3.63) is 88.7 Å². The first-order valence-electron chi connectivity index (χ1n) is 7.85. The number of amides is 1. The van der Waals surface area contributed by atoms with Gasteiger partial charge in [0.1, 0.15) is 5.69 Å². The smallest absolute Gasteiger partial charge is 0.270 e.